The number of hydrogen-bond donors (Lipinski definition) is 1. The molecule has 74 valence electrons. The molecule has 0 bridgehead atoms. The molecule has 0 atom stereocenters. The molecule has 0 saturated heterocycles. The van der Waals surface area contributed by atoms with Gasteiger partial charge in [-0.15, -0.1) is 0 Å². The molecule has 0 heterocycles. The van der Waals surface area contributed by atoms with E-state index in [0.717, 1.165) is 16.7 Å². The Hall–Kier alpha value is -1.37. The molecule has 2 aromatic carbocycles. The van der Waals surface area contributed by atoms with Crippen molar-refractivity contribution < 1.29 is 5.11 Å². The third-order valence-electron chi connectivity index (χ3n) is 2.24. The van der Waals surface area contributed by atoms with Gasteiger partial charge in [-0.1, -0.05) is 0 Å². The zero-order valence-corrected chi connectivity index (χ0v) is 9.76. The summed E-state index contributed by atoms with van der Waals surface area (Å²) < 4.78 is 0.231. The normalized spacial score (nSPS) is 9.87. The number of rotatable bonds is 2. The van der Waals surface area contributed by atoms with Crippen molar-refractivity contribution >= 4 is 20.2 Å². The van der Waals surface area contributed by atoms with E-state index in [0.29, 0.717) is 0 Å². The van der Waals surface area contributed by atoms with E-state index in [9.17, 15) is 5.11 Å². The van der Waals surface area contributed by atoms with Crippen LogP contribution in [0.15, 0.2) is 54.6 Å². The summed E-state index contributed by atoms with van der Waals surface area (Å²) in [6.07, 6.45) is 0. The Bertz CT molecular complexity index is 477. The summed E-state index contributed by atoms with van der Waals surface area (Å²) in [4.78, 5) is 0. The summed E-state index contributed by atoms with van der Waals surface area (Å²) >= 11 is 2.64. The molecule has 0 unspecified atom stereocenters. The molecule has 1 nitrogen and oxygen atoms in total. The van der Waals surface area contributed by atoms with Crippen LogP contribution in [0.3, 0.4) is 0 Å². The Labute approximate surface area is 96.7 Å². The third kappa shape index (κ3) is 2.17. The quantitative estimate of drug-likeness (QED) is 0.823. The van der Waals surface area contributed by atoms with E-state index in [-0.39, 0.29) is 4.60 Å². The Morgan fingerprint density at radius 2 is 1.47 bits per heavy atom. The van der Waals surface area contributed by atoms with Gasteiger partial charge in [-0.05, 0) is 0 Å². The second kappa shape index (κ2) is 4.43. The van der Waals surface area contributed by atoms with E-state index in [4.69, 9.17) is 0 Å². The van der Waals surface area contributed by atoms with Crippen LogP contribution in [0.25, 0.3) is 11.1 Å². The Morgan fingerprint density at radius 3 is 2.13 bits per heavy atom. The van der Waals surface area contributed by atoms with Crippen molar-refractivity contribution in [2.75, 3.05) is 0 Å². The summed E-state index contributed by atoms with van der Waals surface area (Å²) in [5, 5.41) is 9.53. The minimum absolute atomic E-state index is 0.231. The first-order chi connectivity index (χ1) is 7.29. The van der Waals surface area contributed by atoms with Gasteiger partial charge in [-0.25, -0.2) is 0 Å². The van der Waals surface area contributed by atoms with Gasteiger partial charge >= 0.3 is 96.6 Å². The van der Waals surface area contributed by atoms with Gasteiger partial charge in [0.2, 0.25) is 0 Å². The standard InChI is InChI=1S/C13H10OSe/c14-13(15)12-9-5-4-8-11(12)10-6-2-1-3-7-10/h1-9H,(H,14,15). The fourth-order valence-corrected chi connectivity index (χ4v) is 1.91. The molecule has 0 amide bonds. The van der Waals surface area contributed by atoms with Gasteiger partial charge in [0.25, 0.3) is 0 Å². The fourth-order valence-electron chi connectivity index (χ4n) is 1.54. The molecule has 1 N–H and O–H groups in total. The fraction of sp³-hybridized carbons (Fsp3) is 0. The van der Waals surface area contributed by atoms with Gasteiger partial charge in [0.1, 0.15) is 0 Å². The van der Waals surface area contributed by atoms with Crippen molar-refractivity contribution in [3.8, 4) is 11.1 Å². The van der Waals surface area contributed by atoms with Crippen LogP contribution in [0.4, 0.5) is 0 Å². The van der Waals surface area contributed by atoms with Crippen molar-refractivity contribution in [2.45, 2.75) is 0 Å². The molecule has 15 heavy (non-hydrogen) atoms. The van der Waals surface area contributed by atoms with Crippen LogP contribution >= 0.6 is 0 Å². The molecule has 0 aliphatic heterocycles. The topological polar surface area (TPSA) is 20.2 Å². The van der Waals surface area contributed by atoms with E-state index in [1.54, 1.807) is 0 Å². The van der Waals surface area contributed by atoms with E-state index in [1.165, 1.54) is 0 Å². The van der Waals surface area contributed by atoms with Crippen molar-refractivity contribution in [2.24, 2.45) is 0 Å². The molecular formula is C13H10OSe. The van der Waals surface area contributed by atoms with Crippen LogP contribution in [-0.2, 0) is 0 Å². The maximum absolute atomic E-state index is 9.53. The molecule has 0 aliphatic carbocycles. The second-order valence-corrected chi connectivity index (χ2v) is 4.03. The predicted molar refractivity (Wildman–Crippen MR) is 63.7 cm³/mol. The predicted octanol–water partition coefficient (Wildman–Crippen LogP) is 2.37. The number of aliphatic hydroxyl groups is 1. The molecule has 0 radical (unpaired) electrons. The second-order valence-electron chi connectivity index (χ2n) is 3.22. The molecule has 2 aromatic rings. The summed E-state index contributed by atoms with van der Waals surface area (Å²) in [7, 11) is 0. The third-order valence-corrected chi connectivity index (χ3v) is 2.70. The average molecular weight is 261 g/mol. The summed E-state index contributed by atoms with van der Waals surface area (Å²) in [5.41, 5.74) is 2.98. The van der Waals surface area contributed by atoms with Gasteiger partial charge < -0.3 is 0 Å². The van der Waals surface area contributed by atoms with Crippen LogP contribution < -0.4 is 0 Å². The number of hydrogen-bond acceptors (Lipinski definition) is 1. The van der Waals surface area contributed by atoms with Crippen LogP contribution in [0.1, 0.15) is 5.56 Å². The molecule has 0 aromatic heterocycles. The molecule has 2 heteroatoms. The Kier molecular flexibility index (Phi) is 3.00. The van der Waals surface area contributed by atoms with E-state index in [2.05, 4.69) is 15.6 Å². The minimum atomic E-state index is 0.231. The van der Waals surface area contributed by atoms with Crippen molar-refractivity contribution in [1.29, 1.82) is 0 Å². The van der Waals surface area contributed by atoms with E-state index >= 15 is 0 Å². The molecule has 2 rings (SSSR count). The molecule has 0 spiro atoms. The summed E-state index contributed by atoms with van der Waals surface area (Å²) in [6.45, 7) is 0. The molecule has 0 saturated carbocycles. The van der Waals surface area contributed by atoms with Crippen LogP contribution in [0, 0.1) is 0 Å². The van der Waals surface area contributed by atoms with E-state index < -0.39 is 0 Å². The first-order valence-electron chi connectivity index (χ1n) is 4.67. The van der Waals surface area contributed by atoms with Crippen LogP contribution in [-0.4, -0.2) is 25.3 Å². The van der Waals surface area contributed by atoms with Gasteiger partial charge in [-0.3, -0.25) is 0 Å². The van der Waals surface area contributed by atoms with Crippen LogP contribution in [0.2, 0.25) is 0 Å². The monoisotopic (exact) mass is 262 g/mol. The van der Waals surface area contributed by atoms with Crippen molar-refractivity contribution in [3.05, 3.63) is 60.2 Å². The first-order valence-corrected chi connectivity index (χ1v) is 5.52. The van der Waals surface area contributed by atoms with Crippen molar-refractivity contribution in [3.63, 3.8) is 0 Å². The summed E-state index contributed by atoms with van der Waals surface area (Å²) in [6, 6.07) is 17.8. The van der Waals surface area contributed by atoms with Gasteiger partial charge in [-0.2, -0.15) is 0 Å². The zero-order valence-electron chi connectivity index (χ0n) is 8.05. The van der Waals surface area contributed by atoms with Gasteiger partial charge in [0, 0.05) is 0 Å². The zero-order chi connectivity index (χ0) is 10.7. The Morgan fingerprint density at radius 1 is 0.867 bits per heavy atom. The van der Waals surface area contributed by atoms with Crippen LogP contribution in [0.5, 0.6) is 0 Å². The first kappa shape index (κ1) is 10.2. The summed E-state index contributed by atoms with van der Waals surface area (Å²) in [5.74, 6) is 0. The maximum atomic E-state index is 9.53. The van der Waals surface area contributed by atoms with Gasteiger partial charge in [0.15, 0.2) is 0 Å². The number of aliphatic hydroxyl groups excluding tert-OH is 1. The SMILES string of the molecule is OC(=[Se])c1ccccc1-c1ccccc1. The molecule has 0 fully saturated rings. The van der Waals surface area contributed by atoms with Crippen molar-refractivity contribution in [1.82, 2.24) is 0 Å². The van der Waals surface area contributed by atoms with Gasteiger partial charge in [0.05, 0.1) is 0 Å². The Balaban J connectivity index is 2.58. The average Bonchev–Trinajstić information content (AvgIpc) is 2.30. The number of benzene rings is 2. The molecular weight excluding hydrogens is 251 g/mol. The molecule has 0 aliphatic rings. The van der Waals surface area contributed by atoms with E-state index in [1.807, 2.05) is 54.6 Å².